The molecule has 1 fully saturated rings. The quantitative estimate of drug-likeness (QED) is 0.559. The third kappa shape index (κ3) is 2.07. The van der Waals surface area contributed by atoms with Gasteiger partial charge in [0.2, 0.25) is 0 Å². The van der Waals surface area contributed by atoms with Gasteiger partial charge in [0.05, 0.1) is 0 Å². The molecule has 4 heteroatoms. The molecule has 0 bridgehead atoms. The molecule has 1 saturated heterocycles. The Bertz CT molecular complexity index is 291. The molecule has 0 N–H and O–H groups in total. The average molecular weight is 187 g/mol. The van der Waals surface area contributed by atoms with Crippen molar-refractivity contribution in [3.8, 4) is 0 Å². The first-order valence-electron chi connectivity index (χ1n) is 4.91. The number of rotatable bonds is 1. The van der Waals surface area contributed by atoms with E-state index < -0.39 is 0 Å². The van der Waals surface area contributed by atoms with E-state index in [1.165, 1.54) is 0 Å². The first kappa shape index (κ1) is 9.53. The van der Waals surface area contributed by atoms with Gasteiger partial charge in [-0.3, -0.25) is 0 Å². The van der Waals surface area contributed by atoms with E-state index >= 15 is 0 Å². The fourth-order valence-electron chi connectivity index (χ4n) is 1.62. The van der Waals surface area contributed by atoms with Crippen molar-refractivity contribution in [2.24, 2.45) is 0 Å². The summed E-state index contributed by atoms with van der Waals surface area (Å²) >= 11 is 0. The molecule has 0 saturated carbocycles. The zero-order chi connectivity index (χ0) is 9.97. The summed E-state index contributed by atoms with van der Waals surface area (Å²) in [5.41, 5.74) is 0.725. The van der Waals surface area contributed by atoms with Gasteiger partial charge >= 0.3 is 0 Å². The van der Waals surface area contributed by atoms with Crippen LogP contribution in [0.1, 0.15) is 0 Å². The summed E-state index contributed by atoms with van der Waals surface area (Å²) in [7, 11) is 7.74. The van der Waals surface area contributed by atoms with Gasteiger partial charge in [0.1, 0.15) is 13.7 Å². The van der Waals surface area contributed by atoms with Gasteiger partial charge in [-0.25, -0.2) is 4.98 Å². The SMILES string of the molecule is [B]c1ccc(N2CCN(C)CC2)nc1. The predicted octanol–water partition coefficient (Wildman–Crippen LogP) is -0.373. The molecule has 2 radical (unpaired) electrons. The third-order valence-corrected chi connectivity index (χ3v) is 2.60. The highest BCUT2D eigenvalue weighted by Crippen LogP contribution is 2.10. The molecule has 0 spiro atoms. The van der Waals surface area contributed by atoms with Crippen molar-refractivity contribution in [2.75, 3.05) is 38.1 Å². The van der Waals surface area contributed by atoms with Crippen LogP contribution in [0.15, 0.2) is 18.3 Å². The Kier molecular flexibility index (Phi) is 2.73. The third-order valence-electron chi connectivity index (χ3n) is 2.60. The zero-order valence-corrected chi connectivity index (χ0v) is 8.48. The van der Waals surface area contributed by atoms with E-state index in [1.54, 1.807) is 6.20 Å². The molecule has 0 aromatic carbocycles. The Morgan fingerprint density at radius 2 is 1.93 bits per heavy atom. The van der Waals surface area contributed by atoms with Gasteiger partial charge in [-0.15, -0.1) is 0 Å². The maximum Gasteiger partial charge on any atom is 0.128 e. The summed E-state index contributed by atoms with van der Waals surface area (Å²) in [5, 5.41) is 0. The number of anilines is 1. The predicted molar refractivity (Wildman–Crippen MR) is 59.3 cm³/mol. The fourth-order valence-corrected chi connectivity index (χ4v) is 1.62. The van der Waals surface area contributed by atoms with Crippen molar-refractivity contribution in [1.82, 2.24) is 9.88 Å². The van der Waals surface area contributed by atoms with Crippen LogP contribution in [0, 0.1) is 0 Å². The Hall–Kier alpha value is -1.03. The van der Waals surface area contributed by atoms with E-state index in [4.69, 9.17) is 7.85 Å². The molecule has 1 aliphatic rings. The van der Waals surface area contributed by atoms with E-state index in [1.807, 2.05) is 12.1 Å². The normalized spacial score (nSPS) is 18.5. The molecule has 3 nitrogen and oxygen atoms in total. The minimum absolute atomic E-state index is 0.725. The van der Waals surface area contributed by atoms with Crippen LogP contribution >= 0.6 is 0 Å². The lowest BCUT2D eigenvalue weighted by Gasteiger charge is -2.33. The van der Waals surface area contributed by atoms with E-state index in [0.29, 0.717) is 0 Å². The van der Waals surface area contributed by atoms with Gasteiger partial charge in [-0.1, -0.05) is 11.5 Å². The monoisotopic (exact) mass is 187 g/mol. The second-order valence-electron chi connectivity index (χ2n) is 3.74. The van der Waals surface area contributed by atoms with Crippen LogP contribution in [0.25, 0.3) is 0 Å². The molecule has 0 amide bonds. The standard InChI is InChI=1S/C10H14BN3/c1-13-4-6-14(7-5-13)10-3-2-9(11)8-12-10/h2-3,8H,4-7H2,1H3. The summed E-state index contributed by atoms with van der Waals surface area (Å²) < 4.78 is 0. The van der Waals surface area contributed by atoms with Crippen LogP contribution in [0.4, 0.5) is 5.82 Å². The van der Waals surface area contributed by atoms with Gasteiger partial charge in [0.15, 0.2) is 0 Å². The number of aromatic nitrogens is 1. The van der Waals surface area contributed by atoms with Crippen LogP contribution in [0.5, 0.6) is 0 Å². The molecule has 0 unspecified atom stereocenters. The van der Waals surface area contributed by atoms with Crippen LogP contribution in [0.2, 0.25) is 0 Å². The maximum absolute atomic E-state index is 5.59. The summed E-state index contributed by atoms with van der Waals surface area (Å²) in [5.74, 6) is 1.03. The summed E-state index contributed by atoms with van der Waals surface area (Å²) in [6, 6.07) is 3.89. The lowest BCUT2D eigenvalue weighted by molar-refractivity contribution is 0.312. The molecule has 1 aromatic heterocycles. The van der Waals surface area contributed by atoms with Crippen LogP contribution < -0.4 is 10.4 Å². The lowest BCUT2D eigenvalue weighted by Crippen LogP contribution is -2.44. The molecule has 2 rings (SSSR count). The van der Waals surface area contributed by atoms with Crippen molar-refractivity contribution >= 4 is 19.1 Å². The summed E-state index contributed by atoms with van der Waals surface area (Å²) in [6.45, 7) is 4.30. The smallest absolute Gasteiger partial charge is 0.128 e. The Balaban J connectivity index is 2.05. The Morgan fingerprint density at radius 3 is 2.50 bits per heavy atom. The van der Waals surface area contributed by atoms with Crippen molar-refractivity contribution in [3.63, 3.8) is 0 Å². The highest BCUT2D eigenvalue weighted by Gasteiger charge is 2.14. The molecule has 14 heavy (non-hydrogen) atoms. The van der Waals surface area contributed by atoms with Crippen molar-refractivity contribution in [2.45, 2.75) is 0 Å². The Morgan fingerprint density at radius 1 is 1.21 bits per heavy atom. The first-order chi connectivity index (χ1) is 6.75. The van der Waals surface area contributed by atoms with Crippen molar-refractivity contribution < 1.29 is 0 Å². The molecule has 0 atom stereocenters. The van der Waals surface area contributed by atoms with E-state index in [2.05, 4.69) is 21.8 Å². The van der Waals surface area contributed by atoms with Crippen molar-refractivity contribution in [3.05, 3.63) is 18.3 Å². The van der Waals surface area contributed by atoms with Crippen LogP contribution in [-0.2, 0) is 0 Å². The average Bonchev–Trinajstić information content (AvgIpc) is 2.21. The maximum atomic E-state index is 5.59. The van der Waals surface area contributed by atoms with Gasteiger partial charge in [0.25, 0.3) is 0 Å². The number of piperazine rings is 1. The molecule has 1 aliphatic heterocycles. The van der Waals surface area contributed by atoms with E-state index in [9.17, 15) is 0 Å². The second-order valence-corrected chi connectivity index (χ2v) is 3.74. The minimum atomic E-state index is 0.725. The fraction of sp³-hybridized carbons (Fsp3) is 0.500. The van der Waals surface area contributed by atoms with Gasteiger partial charge in [0, 0.05) is 32.4 Å². The first-order valence-corrected chi connectivity index (χ1v) is 4.91. The van der Waals surface area contributed by atoms with Gasteiger partial charge < -0.3 is 9.80 Å². The minimum Gasteiger partial charge on any atom is -0.354 e. The number of likely N-dealkylation sites (N-methyl/N-ethyl adjacent to an activating group) is 1. The number of hydrogen-bond donors (Lipinski definition) is 0. The molecule has 0 aliphatic carbocycles. The van der Waals surface area contributed by atoms with E-state index in [0.717, 1.165) is 37.5 Å². The molecule has 1 aromatic rings. The lowest BCUT2D eigenvalue weighted by atomic mass is 9.99. The number of pyridine rings is 1. The largest absolute Gasteiger partial charge is 0.354 e. The highest BCUT2D eigenvalue weighted by atomic mass is 15.3. The molecule has 72 valence electrons. The van der Waals surface area contributed by atoms with Crippen molar-refractivity contribution in [1.29, 1.82) is 0 Å². The number of hydrogen-bond acceptors (Lipinski definition) is 3. The highest BCUT2D eigenvalue weighted by molar-refractivity contribution is 6.32. The number of nitrogens with zero attached hydrogens (tertiary/aromatic N) is 3. The summed E-state index contributed by atoms with van der Waals surface area (Å²) in [6.07, 6.45) is 1.72. The topological polar surface area (TPSA) is 19.4 Å². The van der Waals surface area contributed by atoms with Crippen LogP contribution in [0.3, 0.4) is 0 Å². The Labute approximate surface area is 86.1 Å². The van der Waals surface area contributed by atoms with E-state index in [-0.39, 0.29) is 0 Å². The molecular formula is C10H14BN3. The molecule has 2 heterocycles. The van der Waals surface area contributed by atoms with Crippen LogP contribution in [-0.4, -0.2) is 51.0 Å². The molecular weight excluding hydrogens is 173 g/mol. The van der Waals surface area contributed by atoms with Gasteiger partial charge in [-0.05, 0) is 13.1 Å². The second kappa shape index (κ2) is 4.01. The summed E-state index contributed by atoms with van der Waals surface area (Å²) in [4.78, 5) is 8.93. The van der Waals surface area contributed by atoms with Gasteiger partial charge in [-0.2, -0.15) is 0 Å². The zero-order valence-electron chi connectivity index (χ0n) is 8.48.